The van der Waals surface area contributed by atoms with Gasteiger partial charge in [0.25, 0.3) is 0 Å². The number of piperidine rings is 1. The molecule has 20 heavy (non-hydrogen) atoms. The molecule has 0 radical (unpaired) electrons. The van der Waals surface area contributed by atoms with Crippen LogP contribution in [0.3, 0.4) is 0 Å². The summed E-state index contributed by atoms with van der Waals surface area (Å²) in [5.41, 5.74) is 0.336. The highest BCUT2D eigenvalue weighted by Gasteiger charge is 2.48. The normalized spacial score (nSPS) is 25.4. The molecular formula is C13H16Cl2FN3O. The molecule has 1 spiro atoms. The topological polar surface area (TPSA) is 47.5 Å². The van der Waals surface area contributed by atoms with E-state index in [0.29, 0.717) is 6.67 Å². The molecule has 1 atom stereocenters. The molecule has 2 fully saturated rings. The van der Waals surface area contributed by atoms with Crippen molar-refractivity contribution in [3.8, 4) is 0 Å². The fourth-order valence-corrected chi connectivity index (χ4v) is 3.60. The summed E-state index contributed by atoms with van der Waals surface area (Å²) in [7, 11) is 0. The number of halogens is 3. The van der Waals surface area contributed by atoms with Crippen LogP contribution >= 0.6 is 23.2 Å². The van der Waals surface area contributed by atoms with Crippen LogP contribution < -0.4 is 15.5 Å². The Bertz CT molecular complexity index is 499. The Balaban J connectivity index is 2.00. The first-order valence-corrected chi connectivity index (χ1v) is 7.34. The van der Waals surface area contributed by atoms with Gasteiger partial charge in [0, 0.05) is 5.69 Å². The maximum atomic E-state index is 13.6. The lowest BCUT2D eigenvalue weighted by atomic mass is 9.85. The molecule has 3 rings (SSSR count). The van der Waals surface area contributed by atoms with Gasteiger partial charge < -0.3 is 15.3 Å². The molecule has 7 heteroatoms. The van der Waals surface area contributed by atoms with E-state index in [1.165, 1.54) is 0 Å². The number of nitrogens with one attached hydrogen (secondary N) is 2. The van der Waals surface area contributed by atoms with Crippen molar-refractivity contribution in [1.82, 2.24) is 10.6 Å². The number of hydrogen-bond acceptors (Lipinski definition) is 4. The van der Waals surface area contributed by atoms with Crippen LogP contribution in [0.15, 0.2) is 12.1 Å². The predicted molar refractivity (Wildman–Crippen MR) is 77.7 cm³/mol. The third-order valence-corrected chi connectivity index (χ3v) is 4.79. The van der Waals surface area contributed by atoms with E-state index >= 15 is 0 Å². The number of benzene rings is 1. The van der Waals surface area contributed by atoms with E-state index in [2.05, 4.69) is 10.6 Å². The Morgan fingerprint density at radius 2 is 1.85 bits per heavy atom. The van der Waals surface area contributed by atoms with Crippen LogP contribution in [-0.2, 0) is 0 Å². The van der Waals surface area contributed by atoms with Crippen LogP contribution in [0.5, 0.6) is 0 Å². The fourth-order valence-electron chi connectivity index (χ4n) is 3.12. The maximum absolute atomic E-state index is 13.6. The first kappa shape index (κ1) is 14.4. The lowest BCUT2D eigenvalue weighted by Crippen LogP contribution is -2.57. The summed E-state index contributed by atoms with van der Waals surface area (Å²) < 4.78 is 13.6. The summed E-state index contributed by atoms with van der Waals surface area (Å²) in [5, 5.41) is 16.6. The number of hydrogen-bond donors (Lipinski definition) is 3. The molecule has 0 aliphatic carbocycles. The van der Waals surface area contributed by atoms with E-state index < -0.39 is 17.6 Å². The highest BCUT2D eigenvalue weighted by molar-refractivity contribution is 6.35. The second-order valence-electron chi connectivity index (χ2n) is 5.27. The molecule has 0 amide bonds. The summed E-state index contributed by atoms with van der Waals surface area (Å²) in [6.45, 7) is 2.15. The standard InChI is InChI=1S/C13H16Cl2FN3O/c14-9-5-8(6-10(15)11(9)16)19-7-18-12(20)13(19)1-3-17-4-2-13/h5-6,12,17-18,20H,1-4,7H2. The first-order valence-electron chi connectivity index (χ1n) is 6.59. The van der Waals surface area contributed by atoms with Gasteiger partial charge in [0.15, 0.2) is 5.82 Å². The van der Waals surface area contributed by atoms with Crippen molar-refractivity contribution in [2.45, 2.75) is 24.6 Å². The minimum atomic E-state index is -0.618. The largest absolute Gasteiger partial charge is 0.376 e. The molecule has 110 valence electrons. The van der Waals surface area contributed by atoms with Crippen molar-refractivity contribution in [2.75, 3.05) is 24.7 Å². The van der Waals surface area contributed by atoms with Crippen molar-refractivity contribution in [2.24, 2.45) is 0 Å². The van der Waals surface area contributed by atoms with Crippen LogP contribution in [0.2, 0.25) is 10.0 Å². The predicted octanol–water partition coefficient (Wildman–Crippen LogP) is 1.94. The molecule has 0 aromatic heterocycles. The first-order chi connectivity index (χ1) is 9.54. The average Bonchev–Trinajstić information content (AvgIpc) is 2.74. The van der Waals surface area contributed by atoms with Crippen molar-refractivity contribution >= 4 is 28.9 Å². The van der Waals surface area contributed by atoms with Crippen LogP contribution in [0, 0.1) is 5.82 Å². The van der Waals surface area contributed by atoms with Gasteiger partial charge in [0.05, 0.1) is 22.3 Å². The Labute approximate surface area is 126 Å². The lowest BCUT2D eigenvalue weighted by molar-refractivity contribution is 0.0709. The van der Waals surface area contributed by atoms with Crippen LogP contribution in [0.4, 0.5) is 10.1 Å². The number of nitrogens with zero attached hydrogens (tertiary/aromatic N) is 1. The van der Waals surface area contributed by atoms with E-state index in [1.807, 2.05) is 4.90 Å². The monoisotopic (exact) mass is 319 g/mol. The highest BCUT2D eigenvalue weighted by Crippen LogP contribution is 2.39. The van der Waals surface area contributed by atoms with Gasteiger partial charge in [-0.05, 0) is 38.1 Å². The average molecular weight is 320 g/mol. The molecule has 0 bridgehead atoms. The molecular weight excluding hydrogens is 304 g/mol. The van der Waals surface area contributed by atoms with Gasteiger partial charge in [-0.1, -0.05) is 23.2 Å². The van der Waals surface area contributed by atoms with E-state index in [-0.39, 0.29) is 10.0 Å². The van der Waals surface area contributed by atoms with E-state index in [4.69, 9.17) is 23.2 Å². The Hall–Kier alpha value is -0.590. The zero-order valence-corrected chi connectivity index (χ0v) is 12.3. The van der Waals surface area contributed by atoms with Crippen LogP contribution in [-0.4, -0.2) is 36.6 Å². The number of aliphatic hydroxyl groups is 1. The van der Waals surface area contributed by atoms with Gasteiger partial charge in [0.2, 0.25) is 0 Å². The fraction of sp³-hybridized carbons (Fsp3) is 0.538. The van der Waals surface area contributed by atoms with Gasteiger partial charge in [0.1, 0.15) is 6.23 Å². The molecule has 3 N–H and O–H groups in total. The maximum Gasteiger partial charge on any atom is 0.160 e. The Kier molecular flexibility index (Phi) is 3.81. The molecule has 2 heterocycles. The van der Waals surface area contributed by atoms with Crippen LogP contribution in [0.1, 0.15) is 12.8 Å². The third-order valence-electron chi connectivity index (χ3n) is 4.24. The molecule has 2 aliphatic rings. The van der Waals surface area contributed by atoms with Gasteiger partial charge in [-0.15, -0.1) is 0 Å². The van der Waals surface area contributed by atoms with E-state index in [1.54, 1.807) is 12.1 Å². The van der Waals surface area contributed by atoms with E-state index in [9.17, 15) is 9.50 Å². The molecule has 2 saturated heterocycles. The van der Waals surface area contributed by atoms with Crippen molar-refractivity contribution < 1.29 is 9.50 Å². The summed E-state index contributed by atoms with van der Waals surface area (Å²) in [5.74, 6) is -0.607. The van der Waals surface area contributed by atoms with Crippen molar-refractivity contribution in [3.05, 3.63) is 28.0 Å². The Morgan fingerprint density at radius 3 is 2.45 bits per heavy atom. The molecule has 2 aliphatic heterocycles. The second-order valence-corrected chi connectivity index (χ2v) is 6.08. The SMILES string of the molecule is OC1NCN(c2cc(Cl)c(F)c(Cl)c2)C12CCNCC2. The highest BCUT2D eigenvalue weighted by atomic mass is 35.5. The molecule has 1 unspecified atom stereocenters. The lowest BCUT2D eigenvalue weighted by Gasteiger charge is -2.43. The quantitative estimate of drug-likeness (QED) is 0.692. The van der Waals surface area contributed by atoms with Gasteiger partial charge >= 0.3 is 0 Å². The minimum absolute atomic E-state index is 0.00188. The zero-order valence-electron chi connectivity index (χ0n) is 10.8. The Morgan fingerprint density at radius 1 is 1.25 bits per heavy atom. The molecule has 1 aromatic carbocycles. The molecule has 0 saturated carbocycles. The smallest absolute Gasteiger partial charge is 0.160 e. The van der Waals surface area contributed by atoms with Crippen LogP contribution in [0.25, 0.3) is 0 Å². The molecule has 1 aromatic rings. The summed E-state index contributed by atoms with van der Waals surface area (Å²) in [4.78, 5) is 2.04. The zero-order chi connectivity index (χ0) is 14.3. The third kappa shape index (κ3) is 2.18. The number of aliphatic hydroxyl groups excluding tert-OH is 1. The van der Waals surface area contributed by atoms with Crippen molar-refractivity contribution in [3.63, 3.8) is 0 Å². The summed E-state index contributed by atoms with van der Waals surface area (Å²) in [6.07, 6.45) is 0.980. The van der Waals surface area contributed by atoms with Gasteiger partial charge in [-0.2, -0.15) is 0 Å². The number of anilines is 1. The minimum Gasteiger partial charge on any atom is -0.376 e. The van der Waals surface area contributed by atoms with Crippen molar-refractivity contribution in [1.29, 1.82) is 0 Å². The summed E-state index contributed by atoms with van der Waals surface area (Å²) >= 11 is 11.8. The number of rotatable bonds is 1. The van der Waals surface area contributed by atoms with Gasteiger partial charge in [-0.3, -0.25) is 5.32 Å². The summed E-state index contributed by atoms with van der Waals surface area (Å²) in [6, 6.07) is 3.12. The van der Waals surface area contributed by atoms with Gasteiger partial charge in [-0.25, -0.2) is 4.39 Å². The van der Waals surface area contributed by atoms with E-state index in [0.717, 1.165) is 31.6 Å². The second kappa shape index (κ2) is 5.31. The molecule has 4 nitrogen and oxygen atoms in total.